The first-order valence-corrected chi connectivity index (χ1v) is 4.52. The molecule has 0 saturated heterocycles. The van der Waals surface area contributed by atoms with Gasteiger partial charge in [0, 0.05) is 10.0 Å². The molecule has 0 bridgehead atoms. The Morgan fingerprint density at radius 2 is 2.36 bits per heavy atom. The molecule has 0 aliphatic rings. The van der Waals surface area contributed by atoms with Crippen LogP contribution in [0.4, 0.5) is 4.39 Å². The third-order valence-corrected chi connectivity index (χ3v) is 2.42. The Morgan fingerprint density at radius 3 is 2.86 bits per heavy atom. The van der Waals surface area contributed by atoms with Crippen molar-refractivity contribution >= 4 is 15.9 Å². The van der Waals surface area contributed by atoms with E-state index < -0.39 is 11.6 Å². The fraction of sp³-hybridized carbons (Fsp3) is 0.222. The summed E-state index contributed by atoms with van der Waals surface area (Å²) in [6.07, 6.45) is 0.0393. The fourth-order valence-electron chi connectivity index (χ4n) is 1.09. The first kappa shape index (κ1) is 10.8. The van der Waals surface area contributed by atoms with Gasteiger partial charge in [0.1, 0.15) is 0 Å². The van der Waals surface area contributed by atoms with Gasteiger partial charge in [-0.3, -0.25) is 0 Å². The van der Waals surface area contributed by atoms with E-state index in [9.17, 15) is 9.50 Å². The van der Waals surface area contributed by atoms with Crippen LogP contribution in [0.5, 0.6) is 11.5 Å². The van der Waals surface area contributed by atoms with E-state index in [1.54, 1.807) is 0 Å². The molecule has 0 radical (unpaired) electrons. The number of hydrogen-bond acceptors (Lipinski definition) is 3. The lowest BCUT2D eigenvalue weighted by molar-refractivity contribution is 0.353. The van der Waals surface area contributed by atoms with Gasteiger partial charge in [-0.05, 0) is 6.07 Å². The van der Waals surface area contributed by atoms with Crippen LogP contribution in [0, 0.1) is 17.1 Å². The average molecular weight is 260 g/mol. The normalized spacial score (nSPS) is 9.57. The van der Waals surface area contributed by atoms with Gasteiger partial charge in [-0.25, -0.2) is 4.39 Å². The van der Waals surface area contributed by atoms with E-state index in [1.165, 1.54) is 7.11 Å². The maximum atomic E-state index is 13.0. The van der Waals surface area contributed by atoms with Gasteiger partial charge >= 0.3 is 0 Å². The van der Waals surface area contributed by atoms with E-state index in [0.29, 0.717) is 10.0 Å². The number of nitrogens with zero attached hydrogens (tertiary/aromatic N) is 1. The summed E-state index contributed by atoms with van der Waals surface area (Å²) in [6, 6.07) is 3.00. The number of rotatable bonds is 2. The summed E-state index contributed by atoms with van der Waals surface area (Å²) in [5.41, 5.74) is 0.439. The van der Waals surface area contributed by atoms with Gasteiger partial charge in [0.2, 0.25) is 0 Å². The number of ether oxygens (including phenoxy) is 1. The van der Waals surface area contributed by atoms with Crippen molar-refractivity contribution in [3.05, 3.63) is 21.9 Å². The number of hydrogen-bond donors (Lipinski definition) is 1. The number of phenols is 1. The Hall–Kier alpha value is -1.28. The second kappa shape index (κ2) is 4.29. The largest absolute Gasteiger partial charge is 0.502 e. The van der Waals surface area contributed by atoms with Crippen molar-refractivity contribution < 1.29 is 14.2 Å². The molecule has 1 N–H and O–H groups in total. The molecule has 1 aromatic rings. The van der Waals surface area contributed by atoms with Gasteiger partial charge < -0.3 is 9.84 Å². The monoisotopic (exact) mass is 259 g/mol. The number of nitriles is 1. The summed E-state index contributed by atoms with van der Waals surface area (Å²) in [5, 5.41) is 17.8. The highest BCUT2D eigenvalue weighted by Gasteiger charge is 2.16. The number of halogens is 2. The third-order valence-electron chi connectivity index (χ3n) is 1.72. The molecule has 0 atom stereocenters. The molecule has 0 saturated carbocycles. The van der Waals surface area contributed by atoms with Gasteiger partial charge in [0.15, 0.2) is 17.3 Å². The molecular formula is C9H7BrFNO2. The molecule has 0 spiro atoms. The van der Waals surface area contributed by atoms with Gasteiger partial charge in [0.25, 0.3) is 0 Å². The van der Waals surface area contributed by atoms with Crippen molar-refractivity contribution in [2.75, 3.05) is 7.11 Å². The minimum absolute atomic E-state index is 0.00146. The summed E-state index contributed by atoms with van der Waals surface area (Å²) in [7, 11) is 1.31. The molecule has 0 fully saturated rings. The van der Waals surface area contributed by atoms with E-state index >= 15 is 0 Å². The SMILES string of the molecule is COc1c(O)c(F)cc(Br)c1CC#N. The van der Waals surface area contributed by atoms with E-state index in [2.05, 4.69) is 15.9 Å². The van der Waals surface area contributed by atoms with Gasteiger partial charge in [-0.2, -0.15) is 5.26 Å². The summed E-state index contributed by atoms with van der Waals surface area (Å²) in [5.74, 6) is -1.35. The summed E-state index contributed by atoms with van der Waals surface area (Å²) < 4.78 is 18.2. The van der Waals surface area contributed by atoms with Crippen LogP contribution in [0.25, 0.3) is 0 Å². The molecule has 0 unspecified atom stereocenters. The lowest BCUT2D eigenvalue weighted by Gasteiger charge is -2.10. The van der Waals surface area contributed by atoms with Crippen LogP contribution < -0.4 is 4.74 Å². The van der Waals surface area contributed by atoms with Crippen molar-refractivity contribution in [2.45, 2.75) is 6.42 Å². The molecule has 14 heavy (non-hydrogen) atoms. The molecule has 1 aromatic carbocycles. The standard InChI is InChI=1S/C9H7BrFNO2/c1-14-9-5(2-3-12)6(10)4-7(11)8(9)13/h4,13H,2H2,1H3. The Labute approximate surface area is 88.9 Å². The fourth-order valence-corrected chi connectivity index (χ4v) is 1.61. The smallest absolute Gasteiger partial charge is 0.194 e. The van der Waals surface area contributed by atoms with Gasteiger partial charge in [-0.1, -0.05) is 15.9 Å². The van der Waals surface area contributed by atoms with Gasteiger partial charge in [0.05, 0.1) is 19.6 Å². The second-order valence-corrected chi connectivity index (χ2v) is 3.39. The molecule has 1 rings (SSSR count). The van der Waals surface area contributed by atoms with Crippen molar-refractivity contribution in [3.63, 3.8) is 0 Å². The number of benzene rings is 1. The molecule has 0 aliphatic carbocycles. The van der Waals surface area contributed by atoms with E-state index in [-0.39, 0.29) is 12.2 Å². The van der Waals surface area contributed by atoms with Crippen LogP contribution >= 0.6 is 15.9 Å². The first-order chi connectivity index (χ1) is 6.61. The molecular weight excluding hydrogens is 253 g/mol. The molecule has 0 aromatic heterocycles. The Bertz CT molecular complexity index is 401. The Balaban J connectivity index is 3.40. The maximum Gasteiger partial charge on any atom is 0.194 e. The van der Waals surface area contributed by atoms with Crippen molar-refractivity contribution in [2.24, 2.45) is 0 Å². The second-order valence-electron chi connectivity index (χ2n) is 2.54. The highest BCUT2D eigenvalue weighted by Crippen LogP contribution is 2.37. The summed E-state index contributed by atoms with van der Waals surface area (Å²) >= 11 is 3.09. The van der Waals surface area contributed by atoms with E-state index in [1.807, 2.05) is 6.07 Å². The number of aromatic hydroxyl groups is 1. The minimum atomic E-state index is -0.782. The van der Waals surface area contributed by atoms with Crippen molar-refractivity contribution in [1.82, 2.24) is 0 Å². The minimum Gasteiger partial charge on any atom is -0.502 e. The van der Waals surface area contributed by atoms with Crippen LogP contribution in [-0.4, -0.2) is 12.2 Å². The van der Waals surface area contributed by atoms with Crippen LogP contribution in [0.1, 0.15) is 5.56 Å². The lowest BCUT2D eigenvalue weighted by Crippen LogP contribution is -1.95. The highest BCUT2D eigenvalue weighted by atomic mass is 79.9. The molecule has 5 heteroatoms. The molecule has 0 amide bonds. The Kier molecular flexibility index (Phi) is 3.31. The lowest BCUT2D eigenvalue weighted by atomic mass is 10.1. The third kappa shape index (κ3) is 1.80. The van der Waals surface area contributed by atoms with Crippen molar-refractivity contribution in [1.29, 1.82) is 5.26 Å². The highest BCUT2D eigenvalue weighted by molar-refractivity contribution is 9.10. The van der Waals surface area contributed by atoms with Crippen LogP contribution in [0.2, 0.25) is 0 Å². The zero-order chi connectivity index (χ0) is 10.7. The molecule has 3 nitrogen and oxygen atoms in total. The number of phenolic OH excluding ortho intramolecular Hbond substituents is 1. The maximum absolute atomic E-state index is 13.0. The van der Waals surface area contributed by atoms with E-state index in [4.69, 9.17) is 10.00 Å². The zero-order valence-electron chi connectivity index (χ0n) is 7.34. The van der Waals surface area contributed by atoms with Crippen molar-refractivity contribution in [3.8, 4) is 17.6 Å². The first-order valence-electron chi connectivity index (χ1n) is 3.72. The topological polar surface area (TPSA) is 53.2 Å². The zero-order valence-corrected chi connectivity index (χ0v) is 8.93. The quantitative estimate of drug-likeness (QED) is 0.888. The van der Waals surface area contributed by atoms with E-state index in [0.717, 1.165) is 6.07 Å². The Morgan fingerprint density at radius 1 is 1.71 bits per heavy atom. The predicted molar refractivity (Wildman–Crippen MR) is 51.6 cm³/mol. The van der Waals surface area contributed by atoms with Crippen LogP contribution in [-0.2, 0) is 6.42 Å². The molecule has 0 aliphatic heterocycles. The molecule has 74 valence electrons. The summed E-state index contributed by atoms with van der Waals surface area (Å²) in [4.78, 5) is 0. The van der Waals surface area contributed by atoms with Crippen LogP contribution in [0.3, 0.4) is 0 Å². The molecule has 0 heterocycles. The predicted octanol–water partition coefficient (Wildman–Crippen LogP) is 2.37. The summed E-state index contributed by atoms with van der Waals surface area (Å²) in [6.45, 7) is 0. The van der Waals surface area contributed by atoms with Crippen LogP contribution in [0.15, 0.2) is 10.5 Å². The number of methoxy groups -OCH3 is 1. The van der Waals surface area contributed by atoms with Gasteiger partial charge in [-0.15, -0.1) is 0 Å². The average Bonchev–Trinajstić information content (AvgIpc) is 2.15.